The van der Waals surface area contributed by atoms with E-state index in [1.165, 1.54) is 25.9 Å². The second-order valence-corrected chi connectivity index (χ2v) is 12.5. The summed E-state index contributed by atoms with van der Waals surface area (Å²) in [6.45, 7) is 5.60. The first-order valence-electron chi connectivity index (χ1n) is 10.9. The molecule has 32 heavy (non-hydrogen) atoms. The van der Waals surface area contributed by atoms with E-state index in [4.69, 9.17) is 4.98 Å². The van der Waals surface area contributed by atoms with Gasteiger partial charge in [0.05, 0.1) is 16.1 Å². The van der Waals surface area contributed by atoms with Gasteiger partial charge in [0.2, 0.25) is 5.91 Å². The summed E-state index contributed by atoms with van der Waals surface area (Å²) >= 11 is 2.92. The second-order valence-electron chi connectivity index (χ2n) is 8.36. The predicted molar refractivity (Wildman–Crippen MR) is 129 cm³/mol. The van der Waals surface area contributed by atoms with E-state index in [1.807, 2.05) is 4.90 Å². The van der Waals surface area contributed by atoms with E-state index in [9.17, 15) is 13.2 Å². The fourth-order valence-electron chi connectivity index (χ4n) is 4.49. The molecule has 2 fully saturated rings. The number of piperazine rings is 1. The highest BCUT2D eigenvalue weighted by molar-refractivity contribution is 7.91. The molecule has 0 aliphatic carbocycles. The molecule has 7 nitrogen and oxygen atoms in total. The van der Waals surface area contributed by atoms with Gasteiger partial charge in [-0.15, -0.1) is 11.3 Å². The van der Waals surface area contributed by atoms with E-state index in [2.05, 4.69) is 30.0 Å². The van der Waals surface area contributed by atoms with Crippen molar-refractivity contribution in [2.75, 3.05) is 44.2 Å². The van der Waals surface area contributed by atoms with Crippen molar-refractivity contribution in [2.24, 2.45) is 5.92 Å². The zero-order chi connectivity index (χ0) is 22.3. The number of thiophene rings is 1. The Labute approximate surface area is 196 Å². The van der Waals surface area contributed by atoms with Gasteiger partial charge in [0.25, 0.3) is 10.0 Å². The van der Waals surface area contributed by atoms with E-state index < -0.39 is 10.0 Å². The molecule has 0 saturated carbocycles. The van der Waals surface area contributed by atoms with Crippen molar-refractivity contribution < 1.29 is 13.2 Å². The maximum absolute atomic E-state index is 13.2. The van der Waals surface area contributed by atoms with Crippen molar-refractivity contribution in [3.8, 4) is 0 Å². The van der Waals surface area contributed by atoms with Gasteiger partial charge in [-0.2, -0.15) is 4.31 Å². The summed E-state index contributed by atoms with van der Waals surface area (Å²) < 4.78 is 28.8. The highest BCUT2D eigenvalue weighted by Crippen LogP contribution is 2.32. The number of anilines is 1. The average molecular weight is 491 g/mol. The summed E-state index contributed by atoms with van der Waals surface area (Å²) in [5, 5.41) is 2.78. The molecule has 2 aromatic heterocycles. The number of carbonyl (C=O) groups excluding carboxylic acids is 1. The molecule has 0 bridgehead atoms. The van der Waals surface area contributed by atoms with Gasteiger partial charge in [-0.05, 0) is 42.8 Å². The van der Waals surface area contributed by atoms with Crippen molar-refractivity contribution in [1.29, 1.82) is 0 Å². The monoisotopic (exact) mass is 490 g/mol. The molecular weight excluding hydrogens is 464 g/mol. The van der Waals surface area contributed by atoms with Crippen molar-refractivity contribution in [3.05, 3.63) is 41.3 Å². The molecule has 1 amide bonds. The molecule has 10 heteroatoms. The molecule has 5 rings (SSSR count). The molecule has 1 atom stereocenters. The Morgan fingerprint density at radius 1 is 1.09 bits per heavy atom. The third kappa shape index (κ3) is 4.05. The van der Waals surface area contributed by atoms with Crippen molar-refractivity contribution in [3.63, 3.8) is 0 Å². The number of sulfonamides is 1. The fraction of sp³-hybridized carbons (Fsp3) is 0.455. The molecule has 0 spiro atoms. The number of amides is 1. The van der Waals surface area contributed by atoms with Gasteiger partial charge in [-0.1, -0.05) is 29.5 Å². The smallest absolute Gasteiger partial charge is 0.252 e. The van der Waals surface area contributed by atoms with E-state index in [-0.39, 0.29) is 18.4 Å². The molecule has 2 saturated heterocycles. The summed E-state index contributed by atoms with van der Waals surface area (Å²) in [7, 11) is -3.51. The molecule has 170 valence electrons. The highest BCUT2D eigenvalue weighted by atomic mass is 32.2. The van der Waals surface area contributed by atoms with Crippen LogP contribution in [-0.4, -0.2) is 67.8 Å². The first-order chi connectivity index (χ1) is 15.4. The maximum atomic E-state index is 13.2. The van der Waals surface area contributed by atoms with Gasteiger partial charge in [0.15, 0.2) is 5.13 Å². The molecule has 1 aromatic carbocycles. The Hall–Kier alpha value is -2.01. The summed E-state index contributed by atoms with van der Waals surface area (Å²) in [6, 6.07) is 9.61. The van der Waals surface area contributed by atoms with E-state index >= 15 is 0 Å². The number of hydrogen-bond acceptors (Lipinski definition) is 7. The van der Waals surface area contributed by atoms with Gasteiger partial charge >= 0.3 is 0 Å². The Balaban J connectivity index is 1.22. The van der Waals surface area contributed by atoms with Crippen LogP contribution in [0, 0.1) is 12.8 Å². The zero-order valence-electron chi connectivity index (χ0n) is 17.9. The fourth-order valence-corrected chi connectivity index (χ4v) is 8.25. The largest absolute Gasteiger partial charge is 0.345 e. The van der Waals surface area contributed by atoms with E-state index in [1.54, 1.807) is 28.8 Å². The van der Waals surface area contributed by atoms with Gasteiger partial charge in [0, 0.05) is 39.3 Å². The number of aryl methyl sites for hydroxylation is 1. The van der Waals surface area contributed by atoms with Crippen LogP contribution in [-0.2, 0) is 14.8 Å². The average Bonchev–Trinajstić information content (AvgIpc) is 3.50. The van der Waals surface area contributed by atoms with Crippen LogP contribution >= 0.6 is 22.7 Å². The second kappa shape index (κ2) is 8.74. The van der Waals surface area contributed by atoms with Crippen LogP contribution < -0.4 is 4.90 Å². The van der Waals surface area contributed by atoms with Gasteiger partial charge < -0.3 is 9.80 Å². The van der Waals surface area contributed by atoms with Crippen LogP contribution in [0.3, 0.4) is 0 Å². The minimum absolute atomic E-state index is 0.0795. The Kier molecular flexibility index (Phi) is 5.96. The molecule has 3 aromatic rings. The van der Waals surface area contributed by atoms with Gasteiger partial charge in [0.1, 0.15) is 4.21 Å². The summed E-state index contributed by atoms with van der Waals surface area (Å²) in [6.07, 6.45) is 1.46. The maximum Gasteiger partial charge on any atom is 0.252 e. The Morgan fingerprint density at radius 3 is 2.62 bits per heavy atom. The summed E-state index contributed by atoms with van der Waals surface area (Å²) in [5.74, 6) is -0.189. The number of para-hydroxylation sites is 1. The summed E-state index contributed by atoms with van der Waals surface area (Å²) in [5.41, 5.74) is 2.23. The van der Waals surface area contributed by atoms with Gasteiger partial charge in [-0.3, -0.25) is 4.79 Å². The molecule has 0 N–H and O–H groups in total. The third-order valence-corrected chi connectivity index (χ3v) is 10.6. The number of benzene rings is 1. The first-order valence-corrected chi connectivity index (χ1v) is 14.0. The number of rotatable bonds is 4. The van der Waals surface area contributed by atoms with Crippen molar-refractivity contribution >= 4 is 54.0 Å². The number of piperidine rings is 1. The van der Waals surface area contributed by atoms with Gasteiger partial charge in [-0.25, -0.2) is 13.4 Å². The van der Waals surface area contributed by atoms with E-state index in [0.717, 1.165) is 30.2 Å². The molecule has 1 unspecified atom stereocenters. The molecule has 2 aliphatic rings. The molecule has 2 aliphatic heterocycles. The number of hydrogen-bond donors (Lipinski definition) is 0. The zero-order valence-corrected chi connectivity index (χ0v) is 20.4. The number of thiazole rings is 1. The normalized spacial score (nSPS) is 20.7. The topological polar surface area (TPSA) is 73.8 Å². The molecule has 0 radical (unpaired) electrons. The quantitative estimate of drug-likeness (QED) is 0.560. The lowest BCUT2D eigenvalue weighted by atomic mass is 9.98. The summed E-state index contributed by atoms with van der Waals surface area (Å²) in [4.78, 5) is 22.2. The number of fused-ring (bicyclic) bond motifs is 1. The van der Waals surface area contributed by atoms with Crippen LogP contribution in [0.15, 0.2) is 39.9 Å². The van der Waals surface area contributed by atoms with Crippen LogP contribution in [0.5, 0.6) is 0 Å². The minimum atomic E-state index is -3.51. The third-order valence-electron chi connectivity index (χ3n) is 6.29. The molecule has 4 heterocycles. The SMILES string of the molecule is Cc1cccc2sc(N3CCN(C(=O)C4CCCN(S(=O)(=O)c5cccs5)C4)CC3)nc12. The van der Waals surface area contributed by atoms with Crippen molar-refractivity contribution in [2.45, 2.75) is 24.0 Å². The lowest BCUT2D eigenvalue weighted by molar-refractivity contribution is -0.137. The molecular formula is C22H26N4O3S3. The number of carbonyl (C=O) groups is 1. The standard InChI is InChI=1S/C22H26N4O3S3/c1-16-5-2-7-18-20(16)23-22(31-18)25-12-10-24(11-13-25)21(27)17-6-3-9-26(15-17)32(28,29)19-8-4-14-30-19/h2,4-5,7-8,14,17H,3,6,9-13,15H2,1H3. The minimum Gasteiger partial charge on any atom is -0.345 e. The van der Waals surface area contributed by atoms with Crippen LogP contribution in [0.25, 0.3) is 10.2 Å². The lowest BCUT2D eigenvalue weighted by Gasteiger charge is -2.38. The Bertz CT molecular complexity index is 1210. The van der Waals surface area contributed by atoms with Crippen LogP contribution in [0.4, 0.5) is 5.13 Å². The van der Waals surface area contributed by atoms with E-state index in [0.29, 0.717) is 30.3 Å². The number of nitrogens with zero attached hydrogens (tertiary/aromatic N) is 4. The first kappa shape index (κ1) is 21.8. The van der Waals surface area contributed by atoms with Crippen molar-refractivity contribution in [1.82, 2.24) is 14.2 Å². The highest BCUT2D eigenvalue weighted by Gasteiger charge is 2.36. The number of aromatic nitrogens is 1. The lowest BCUT2D eigenvalue weighted by Crippen LogP contribution is -2.53. The predicted octanol–water partition coefficient (Wildman–Crippen LogP) is 3.42. The van der Waals surface area contributed by atoms with Crippen LogP contribution in [0.1, 0.15) is 18.4 Å². The Morgan fingerprint density at radius 2 is 1.91 bits per heavy atom. The van der Waals surface area contributed by atoms with Crippen LogP contribution in [0.2, 0.25) is 0 Å².